The van der Waals surface area contributed by atoms with Crippen LogP contribution in [0.2, 0.25) is 0 Å². The second kappa shape index (κ2) is 10.8. The first-order chi connectivity index (χ1) is 10.4. The number of hydrogen-bond acceptors (Lipinski definition) is 3. The molecule has 23 heavy (non-hydrogen) atoms. The number of morpholine rings is 1. The van der Waals surface area contributed by atoms with Crippen molar-refractivity contribution in [1.82, 2.24) is 10.2 Å². The molecule has 1 saturated heterocycles. The summed E-state index contributed by atoms with van der Waals surface area (Å²) >= 11 is 0. The van der Waals surface area contributed by atoms with Crippen LogP contribution >= 0.6 is 0 Å². The highest BCUT2D eigenvalue weighted by molar-refractivity contribution is 5.85. The third kappa shape index (κ3) is 5.94. The summed E-state index contributed by atoms with van der Waals surface area (Å²) in [6.45, 7) is 7.15. The molecule has 0 radical (unpaired) electrons. The highest BCUT2D eigenvalue weighted by Crippen LogP contribution is 2.18. The largest absolute Gasteiger partial charge is 1.00 e. The summed E-state index contributed by atoms with van der Waals surface area (Å²) in [5, 5.41) is 6.26. The van der Waals surface area contributed by atoms with E-state index in [0.717, 1.165) is 39.4 Å². The van der Waals surface area contributed by atoms with Crippen LogP contribution in [0, 0.1) is 0 Å². The SMILES string of the molecule is [Cl-].[Cl-].c1ccc2c(CNCCCN3CCOCC3)cccc2c1. The lowest BCUT2D eigenvalue weighted by molar-refractivity contribution is -0.00100. The zero-order valence-corrected chi connectivity index (χ0v) is 14.8. The molecule has 1 N–H and O–H groups in total. The van der Waals surface area contributed by atoms with Gasteiger partial charge < -0.3 is 34.9 Å². The molecule has 0 aliphatic carbocycles. The van der Waals surface area contributed by atoms with Gasteiger partial charge in [0.2, 0.25) is 0 Å². The maximum atomic E-state index is 5.37. The summed E-state index contributed by atoms with van der Waals surface area (Å²) in [7, 11) is 0. The quantitative estimate of drug-likeness (QED) is 0.549. The van der Waals surface area contributed by atoms with Gasteiger partial charge in [0.1, 0.15) is 0 Å². The van der Waals surface area contributed by atoms with E-state index in [1.54, 1.807) is 0 Å². The van der Waals surface area contributed by atoms with Gasteiger partial charge in [-0.3, -0.25) is 4.90 Å². The molecule has 0 saturated carbocycles. The molecule has 0 unspecified atom stereocenters. The Morgan fingerprint density at radius 3 is 2.52 bits per heavy atom. The van der Waals surface area contributed by atoms with Crippen molar-refractivity contribution >= 4 is 10.8 Å². The van der Waals surface area contributed by atoms with E-state index < -0.39 is 0 Å². The summed E-state index contributed by atoms with van der Waals surface area (Å²) in [5.41, 5.74) is 1.39. The second-order valence-electron chi connectivity index (χ2n) is 5.62. The van der Waals surface area contributed by atoms with Crippen LogP contribution in [0.25, 0.3) is 10.8 Å². The minimum atomic E-state index is 0. The number of ether oxygens (including phenoxy) is 1. The number of nitrogens with zero attached hydrogens (tertiary/aromatic N) is 1. The van der Waals surface area contributed by atoms with E-state index in [2.05, 4.69) is 52.7 Å². The molecule has 0 aromatic heterocycles. The van der Waals surface area contributed by atoms with Crippen LogP contribution in [0.15, 0.2) is 42.5 Å². The molecule has 0 bridgehead atoms. The average Bonchev–Trinajstić information content (AvgIpc) is 2.56. The zero-order valence-electron chi connectivity index (χ0n) is 13.3. The number of hydrogen-bond donors (Lipinski definition) is 1. The maximum absolute atomic E-state index is 5.37. The Balaban J connectivity index is 0.00000132. The molecule has 1 aliphatic rings. The Bertz CT molecular complexity index is 568. The fourth-order valence-corrected chi connectivity index (χ4v) is 2.92. The molecule has 1 fully saturated rings. The van der Waals surface area contributed by atoms with Gasteiger partial charge >= 0.3 is 0 Å². The Morgan fingerprint density at radius 1 is 0.957 bits per heavy atom. The van der Waals surface area contributed by atoms with Crippen LogP contribution in [0.1, 0.15) is 12.0 Å². The minimum Gasteiger partial charge on any atom is -1.00 e. The van der Waals surface area contributed by atoms with Crippen molar-refractivity contribution in [2.45, 2.75) is 13.0 Å². The Labute approximate surface area is 151 Å². The van der Waals surface area contributed by atoms with Gasteiger partial charge in [0.05, 0.1) is 13.2 Å². The van der Waals surface area contributed by atoms with E-state index in [0.29, 0.717) is 0 Å². The van der Waals surface area contributed by atoms with E-state index in [4.69, 9.17) is 4.74 Å². The van der Waals surface area contributed by atoms with Gasteiger partial charge in [-0.25, -0.2) is 0 Å². The van der Waals surface area contributed by atoms with Crippen molar-refractivity contribution in [3.63, 3.8) is 0 Å². The second-order valence-corrected chi connectivity index (χ2v) is 5.62. The molecule has 5 heteroatoms. The topological polar surface area (TPSA) is 24.5 Å². The monoisotopic (exact) mass is 354 g/mol. The van der Waals surface area contributed by atoms with Crippen molar-refractivity contribution in [2.75, 3.05) is 39.4 Å². The first kappa shape index (κ1) is 20.2. The number of nitrogens with one attached hydrogen (secondary N) is 1. The van der Waals surface area contributed by atoms with Crippen LogP contribution < -0.4 is 30.1 Å². The molecule has 3 rings (SSSR count). The summed E-state index contributed by atoms with van der Waals surface area (Å²) < 4.78 is 5.37. The van der Waals surface area contributed by atoms with E-state index in [1.165, 1.54) is 29.3 Å². The number of benzene rings is 2. The van der Waals surface area contributed by atoms with E-state index >= 15 is 0 Å². The third-order valence-corrected chi connectivity index (χ3v) is 4.13. The van der Waals surface area contributed by atoms with Gasteiger partial charge in [-0.1, -0.05) is 42.5 Å². The van der Waals surface area contributed by atoms with Crippen molar-refractivity contribution in [3.8, 4) is 0 Å². The number of rotatable bonds is 6. The molecule has 2 aromatic carbocycles. The number of fused-ring (bicyclic) bond motifs is 1. The Morgan fingerprint density at radius 2 is 1.70 bits per heavy atom. The highest BCUT2D eigenvalue weighted by atomic mass is 35.5. The molecular formula is C18H24Cl2N2O-2. The molecule has 1 heterocycles. The van der Waals surface area contributed by atoms with Crippen LogP contribution in [-0.4, -0.2) is 44.3 Å². The first-order valence-electron chi connectivity index (χ1n) is 7.91. The van der Waals surface area contributed by atoms with E-state index in [1.807, 2.05) is 0 Å². The lowest BCUT2D eigenvalue weighted by Gasteiger charge is -2.26. The van der Waals surface area contributed by atoms with Crippen molar-refractivity contribution < 1.29 is 29.6 Å². The third-order valence-electron chi connectivity index (χ3n) is 4.13. The van der Waals surface area contributed by atoms with Crippen LogP contribution in [0.5, 0.6) is 0 Å². The summed E-state index contributed by atoms with van der Waals surface area (Å²) in [5.74, 6) is 0. The van der Waals surface area contributed by atoms with Crippen molar-refractivity contribution in [2.24, 2.45) is 0 Å². The Hall–Kier alpha value is -0.840. The van der Waals surface area contributed by atoms with Gasteiger partial charge in [-0.05, 0) is 35.8 Å². The fourth-order valence-electron chi connectivity index (χ4n) is 2.92. The smallest absolute Gasteiger partial charge is 0.0594 e. The average molecular weight is 355 g/mol. The van der Waals surface area contributed by atoms with E-state index in [-0.39, 0.29) is 24.8 Å². The lowest BCUT2D eigenvalue weighted by Crippen LogP contribution is -3.00. The maximum Gasteiger partial charge on any atom is 0.0594 e. The van der Waals surface area contributed by atoms with Gasteiger partial charge in [0, 0.05) is 19.6 Å². The van der Waals surface area contributed by atoms with Crippen LogP contribution in [0.3, 0.4) is 0 Å². The molecule has 0 amide bonds. The minimum absolute atomic E-state index is 0. The summed E-state index contributed by atoms with van der Waals surface area (Å²) in [6.07, 6.45) is 1.20. The standard InChI is InChI=1S/C18H24N2O.2ClH/c1-2-8-18-16(5-1)6-3-7-17(18)15-19-9-4-10-20-11-13-21-14-12-20;;/h1-3,5-8,19H,4,9-15H2;2*1H/p-2. The molecule has 1 aliphatic heterocycles. The zero-order chi connectivity index (χ0) is 14.3. The summed E-state index contributed by atoms with van der Waals surface area (Å²) in [6, 6.07) is 15.1. The first-order valence-corrected chi connectivity index (χ1v) is 7.91. The van der Waals surface area contributed by atoms with Crippen molar-refractivity contribution in [3.05, 3.63) is 48.0 Å². The van der Waals surface area contributed by atoms with Gasteiger partial charge in [-0.2, -0.15) is 0 Å². The predicted octanol–water partition coefficient (Wildman–Crippen LogP) is -3.34. The molecular weight excluding hydrogens is 331 g/mol. The number of halogens is 2. The summed E-state index contributed by atoms with van der Waals surface area (Å²) in [4.78, 5) is 2.49. The van der Waals surface area contributed by atoms with E-state index in [9.17, 15) is 0 Å². The van der Waals surface area contributed by atoms with Crippen molar-refractivity contribution in [1.29, 1.82) is 0 Å². The normalized spacial score (nSPS) is 15.0. The van der Waals surface area contributed by atoms with Gasteiger partial charge in [0.15, 0.2) is 0 Å². The molecule has 2 aromatic rings. The highest BCUT2D eigenvalue weighted by Gasteiger charge is 2.08. The Kier molecular flexibility index (Phi) is 9.53. The van der Waals surface area contributed by atoms with Crippen LogP contribution in [-0.2, 0) is 11.3 Å². The van der Waals surface area contributed by atoms with Gasteiger partial charge in [0.25, 0.3) is 0 Å². The van der Waals surface area contributed by atoms with Crippen LogP contribution in [0.4, 0.5) is 0 Å². The lowest BCUT2D eigenvalue weighted by atomic mass is 10.0. The molecule has 0 spiro atoms. The molecule has 128 valence electrons. The molecule has 0 atom stereocenters. The predicted molar refractivity (Wildman–Crippen MR) is 87.5 cm³/mol. The van der Waals surface area contributed by atoms with Gasteiger partial charge in [-0.15, -0.1) is 0 Å². The fraction of sp³-hybridized carbons (Fsp3) is 0.444. The molecule has 3 nitrogen and oxygen atoms in total.